The van der Waals surface area contributed by atoms with Gasteiger partial charge in [-0.15, -0.1) is 0 Å². The molecule has 2 N–H and O–H groups in total. The van der Waals surface area contributed by atoms with Crippen LogP contribution in [0, 0.1) is 6.92 Å². The number of benzene rings is 3. The highest BCUT2D eigenvalue weighted by Crippen LogP contribution is 2.66. The molecule has 2 amide bonds. The molecule has 3 aromatic carbocycles. The molecule has 0 fully saturated rings. The number of unbranched alkanes of at least 4 members (excludes halogenated alkanes) is 1. The lowest BCUT2D eigenvalue weighted by atomic mass is 10.0. The van der Waals surface area contributed by atoms with E-state index in [9.17, 15) is 18.9 Å². The van der Waals surface area contributed by atoms with Gasteiger partial charge in [-0.1, -0.05) is 66.7 Å². The van der Waals surface area contributed by atoms with E-state index in [0.29, 0.717) is 29.7 Å². The van der Waals surface area contributed by atoms with Crippen molar-refractivity contribution in [3.05, 3.63) is 101 Å². The monoisotopic (exact) mass is 704 g/mol. The zero-order valence-electron chi connectivity index (χ0n) is 28.0. The molecule has 49 heavy (non-hydrogen) atoms. The van der Waals surface area contributed by atoms with Gasteiger partial charge in [-0.25, -0.2) is 9.59 Å². The maximum Gasteiger partial charge on any atom is 0.408 e. The number of esters is 1. The molecule has 14 heteroatoms. The number of rotatable bonds is 19. The van der Waals surface area contributed by atoms with Crippen molar-refractivity contribution in [1.29, 1.82) is 0 Å². The van der Waals surface area contributed by atoms with Crippen LogP contribution < -0.4 is 15.4 Å². The summed E-state index contributed by atoms with van der Waals surface area (Å²) in [5.41, 5.74) is -2.24. The molecule has 0 spiro atoms. The molecule has 266 valence electrons. The molecule has 1 unspecified atom stereocenters. The van der Waals surface area contributed by atoms with Crippen molar-refractivity contribution in [2.45, 2.75) is 58.3 Å². The third-order valence-corrected chi connectivity index (χ3v) is 9.40. The van der Waals surface area contributed by atoms with E-state index in [0.717, 1.165) is 23.3 Å². The number of nitrogens with one attached hydrogen (secondary N) is 2. The van der Waals surface area contributed by atoms with Crippen molar-refractivity contribution in [2.75, 3.05) is 33.5 Å². The maximum absolute atomic E-state index is 15.2. The third-order valence-electron chi connectivity index (χ3n) is 7.26. The Balaban J connectivity index is 1.64. The minimum atomic E-state index is -4.80. The van der Waals surface area contributed by atoms with E-state index in [2.05, 4.69) is 10.6 Å². The van der Waals surface area contributed by atoms with Crippen LogP contribution in [0.1, 0.15) is 59.3 Å². The number of alkyl halides is 2. The van der Waals surface area contributed by atoms with Gasteiger partial charge in [-0.3, -0.25) is 9.36 Å². The van der Waals surface area contributed by atoms with Crippen LogP contribution in [0.4, 0.5) is 13.6 Å². The molecule has 3 rings (SSSR count). The molecule has 0 aliphatic carbocycles. The molecule has 0 aliphatic rings. The molecule has 0 bridgehead atoms. The number of alkyl carbamates (subject to hydrolysis) is 1. The zero-order valence-corrected chi connectivity index (χ0v) is 28.9. The van der Waals surface area contributed by atoms with Gasteiger partial charge in [-0.2, -0.15) is 8.78 Å². The summed E-state index contributed by atoms with van der Waals surface area (Å²) in [6, 6.07) is 18.0. The molecule has 1 atom stereocenters. The second-order valence-electron chi connectivity index (χ2n) is 10.8. The van der Waals surface area contributed by atoms with Gasteiger partial charge in [0.25, 0.3) is 0 Å². The average Bonchev–Trinajstić information content (AvgIpc) is 3.09. The number of carbonyl (C=O) groups excluding carboxylic acids is 3. The first-order valence-corrected chi connectivity index (χ1v) is 17.4. The zero-order chi connectivity index (χ0) is 35.9. The summed E-state index contributed by atoms with van der Waals surface area (Å²) < 4.78 is 69.0. The van der Waals surface area contributed by atoms with E-state index in [4.69, 9.17) is 23.3 Å². The number of hydrogen-bond donors (Lipinski definition) is 2. The van der Waals surface area contributed by atoms with Crippen LogP contribution in [-0.2, 0) is 46.6 Å². The van der Waals surface area contributed by atoms with Gasteiger partial charge in [0, 0.05) is 18.5 Å². The highest BCUT2D eigenvalue weighted by Gasteiger charge is 2.54. The predicted molar refractivity (Wildman–Crippen MR) is 179 cm³/mol. The standard InChI is InChI=1S/C35H43F2N2O9P/c1-5-47-49(43,48-6-2)35(36,37)28-19-17-26(18-20-28)23-29(39-34(42)46-24-27-14-8-7-9-15-27)32(40)38-21-10-11-22-45-30-16-12-13-25(3)31(30)33(41)44-4/h7-9,12-20,29H,5-6,10-11,21-24H2,1-4H3,(H,38,40)(H,39,42). The van der Waals surface area contributed by atoms with E-state index in [-0.39, 0.29) is 39.4 Å². The lowest BCUT2D eigenvalue weighted by Gasteiger charge is -2.26. The van der Waals surface area contributed by atoms with Crippen LogP contribution in [0.5, 0.6) is 5.75 Å². The molecule has 0 saturated heterocycles. The molecule has 11 nitrogen and oxygen atoms in total. The van der Waals surface area contributed by atoms with Crippen LogP contribution in [-0.4, -0.2) is 57.5 Å². The van der Waals surface area contributed by atoms with Crippen LogP contribution in [0.25, 0.3) is 0 Å². The fraction of sp³-hybridized carbons (Fsp3) is 0.400. The van der Waals surface area contributed by atoms with Crippen molar-refractivity contribution < 1.29 is 51.0 Å². The normalized spacial score (nSPS) is 12.1. The first-order chi connectivity index (χ1) is 23.5. The van der Waals surface area contributed by atoms with Gasteiger partial charge < -0.3 is 33.9 Å². The van der Waals surface area contributed by atoms with E-state index >= 15 is 8.78 Å². The van der Waals surface area contributed by atoms with Gasteiger partial charge >= 0.3 is 25.3 Å². The van der Waals surface area contributed by atoms with Crippen molar-refractivity contribution in [2.24, 2.45) is 0 Å². The summed E-state index contributed by atoms with van der Waals surface area (Å²) in [7, 11) is -3.51. The summed E-state index contributed by atoms with van der Waals surface area (Å²) in [5.74, 6) is -0.618. The van der Waals surface area contributed by atoms with E-state index in [1.54, 1.807) is 49.4 Å². The number of ether oxygens (including phenoxy) is 3. The Bertz CT molecular complexity index is 1560. The van der Waals surface area contributed by atoms with Crippen LogP contribution in [0.15, 0.2) is 72.8 Å². The lowest BCUT2D eigenvalue weighted by molar-refractivity contribution is -0.123. The van der Waals surface area contributed by atoms with Gasteiger partial charge in [0.1, 0.15) is 24.0 Å². The highest BCUT2D eigenvalue weighted by molar-refractivity contribution is 7.54. The SMILES string of the molecule is CCOP(=O)(OCC)C(F)(F)c1ccc(CC(NC(=O)OCc2ccccc2)C(=O)NCCCCOc2cccc(C)c2C(=O)OC)cc1. The summed E-state index contributed by atoms with van der Waals surface area (Å²) in [6.07, 6.45) is 0.156. The van der Waals surface area contributed by atoms with Gasteiger partial charge in [-0.05, 0) is 56.4 Å². The van der Waals surface area contributed by atoms with Crippen LogP contribution in [0.3, 0.4) is 0 Å². The first-order valence-electron chi connectivity index (χ1n) is 15.9. The van der Waals surface area contributed by atoms with Crippen molar-refractivity contribution >= 4 is 25.6 Å². The highest BCUT2D eigenvalue weighted by atomic mass is 31.2. The van der Waals surface area contributed by atoms with E-state index in [1.807, 2.05) is 6.07 Å². The summed E-state index contributed by atoms with van der Waals surface area (Å²) in [5, 5.41) is 5.35. The molecule has 3 aromatic rings. The summed E-state index contributed by atoms with van der Waals surface area (Å²) in [4.78, 5) is 38.1. The number of hydrogen-bond acceptors (Lipinski definition) is 9. The first kappa shape index (κ1) is 39.1. The van der Waals surface area contributed by atoms with Crippen molar-refractivity contribution in [3.63, 3.8) is 0 Å². The predicted octanol–water partition coefficient (Wildman–Crippen LogP) is 6.91. The van der Waals surface area contributed by atoms with Crippen molar-refractivity contribution in [3.8, 4) is 5.75 Å². The number of carbonyl (C=O) groups is 3. The molecular formula is C35H43F2N2O9P. The number of methoxy groups -OCH3 is 1. The van der Waals surface area contributed by atoms with Crippen molar-refractivity contribution in [1.82, 2.24) is 10.6 Å². The quantitative estimate of drug-likeness (QED) is 0.0775. The molecule has 0 aliphatic heterocycles. The molecular weight excluding hydrogens is 661 g/mol. The van der Waals surface area contributed by atoms with Crippen LogP contribution in [0.2, 0.25) is 0 Å². The Morgan fingerprint density at radius 2 is 1.55 bits per heavy atom. The second kappa shape index (κ2) is 19.0. The largest absolute Gasteiger partial charge is 0.493 e. The number of amides is 2. The minimum Gasteiger partial charge on any atom is -0.493 e. The van der Waals surface area contributed by atoms with E-state index in [1.165, 1.54) is 33.1 Å². The Kier molecular flexibility index (Phi) is 15.2. The number of aryl methyl sites for hydroxylation is 1. The fourth-order valence-electron chi connectivity index (χ4n) is 4.76. The number of halogens is 2. The maximum atomic E-state index is 15.2. The Morgan fingerprint density at radius 3 is 2.18 bits per heavy atom. The van der Waals surface area contributed by atoms with Gasteiger partial charge in [0.2, 0.25) is 5.91 Å². The molecule has 0 aromatic heterocycles. The Morgan fingerprint density at radius 1 is 0.878 bits per heavy atom. The van der Waals surface area contributed by atoms with Gasteiger partial charge in [0.15, 0.2) is 0 Å². The molecule has 0 saturated carbocycles. The Labute approximate surface area is 285 Å². The summed E-state index contributed by atoms with van der Waals surface area (Å²) >= 11 is 0. The average molecular weight is 705 g/mol. The van der Waals surface area contributed by atoms with Gasteiger partial charge in [0.05, 0.1) is 26.9 Å². The molecule has 0 radical (unpaired) electrons. The topological polar surface area (TPSA) is 138 Å². The summed E-state index contributed by atoms with van der Waals surface area (Å²) in [6.45, 7) is 4.69. The smallest absolute Gasteiger partial charge is 0.408 e. The fourth-order valence-corrected chi connectivity index (χ4v) is 6.30. The second-order valence-corrected chi connectivity index (χ2v) is 12.9. The van der Waals surface area contributed by atoms with Crippen LogP contribution >= 0.6 is 7.60 Å². The molecule has 0 heterocycles. The third kappa shape index (κ3) is 11.1. The minimum absolute atomic E-state index is 0.0247. The van der Waals surface area contributed by atoms with E-state index < -0.39 is 42.8 Å². The Hall–Kier alpha value is -4.32. The lowest BCUT2D eigenvalue weighted by Crippen LogP contribution is -2.48.